The Bertz CT molecular complexity index is 161. The summed E-state index contributed by atoms with van der Waals surface area (Å²) in [6, 6.07) is 0. The maximum absolute atomic E-state index is 5.70. The Morgan fingerprint density at radius 3 is 2.33 bits per heavy atom. The fraction of sp³-hybridized carbons (Fsp3) is 0.857. The molecule has 5 heteroatoms. The van der Waals surface area contributed by atoms with Gasteiger partial charge < -0.3 is 5.73 Å². The highest BCUT2D eigenvalue weighted by molar-refractivity contribution is 7.16. The van der Waals surface area contributed by atoms with Crippen LogP contribution in [0.2, 0.25) is 0 Å². The van der Waals surface area contributed by atoms with Crippen LogP contribution in [-0.4, -0.2) is 23.7 Å². The van der Waals surface area contributed by atoms with Crippen molar-refractivity contribution < 1.29 is 0 Å². The van der Waals surface area contributed by atoms with E-state index in [0.717, 1.165) is 6.16 Å². The van der Waals surface area contributed by atoms with E-state index in [1.54, 1.807) is 0 Å². The summed E-state index contributed by atoms with van der Waals surface area (Å²) in [6.07, 6.45) is 0.886. The average molecular weight is 190 g/mol. The van der Waals surface area contributed by atoms with E-state index < -0.39 is 0 Å². The molecule has 0 bridgehead atoms. The van der Waals surface area contributed by atoms with Gasteiger partial charge in [-0.1, -0.05) is 20.8 Å². The molecule has 0 amide bonds. The number of hydrazone groups is 1. The monoisotopic (exact) mass is 190 g/mol. The Hall–Kier alpha value is -0.340. The molecule has 0 spiro atoms. The Morgan fingerprint density at radius 2 is 2.00 bits per heavy atom. The minimum absolute atomic E-state index is 0.113. The molecule has 0 fully saturated rings. The summed E-state index contributed by atoms with van der Waals surface area (Å²) in [5.74, 6) is 6.09. The van der Waals surface area contributed by atoms with Crippen molar-refractivity contribution in [3.8, 4) is 0 Å². The zero-order chi connectivity index (χ0) is 9.78. The maximum atomic E-state index is 5.70. The number of hydrogen-bond acceptors (Lipinski definition) is 3. The smallest absolute Gasteiger partial charge is 0.126 e. The van der Waals surface area contributed by atoms with Gasteiger partial charge in [0.05, 0.1) is 6.54 Å². The molecule has 12 heavy (non-hydrogen) atoms. The van der Waals surface area contributed by atoms with E-state index in [9.17, 15) is 0 Å². The van der Waals surface area contributed by atoms with Gasteiger partial charge in [0, 0.05) is 5.41 Å². The Balaban J connectivity index is 4.16. The van der Waals surface area contributed by atoms with Crippen LogP contribution in [0.25, 0.3) is 0 Å². The highest BCUT2D eigenvalue weighted by Crippen LogP contribution is 2.12. The zero-order valence-corrected chi connectivity index (χ0v) is 9.20. The van der Waals surface area contributed by atoms with Crippen molar-refractivity contribution in [3.05, 3.63) is 0 Å². The third-order valence-corrected chi connectivity index (χ3v) is 1.62. The lowest BCUT2D eigenvalue weighted by atomic mass is 9.96. The zero-order valence-electron chi connectivity index (χ0n) is 8.04. The molecule has 0 rings (SSSR count). The number of amidine groups is 1. The molecule has 0 aliphatic carbocycles. The highest BCUT2D eigenvalue weighted by Gasteiger charge is 2.16. The summed E-state index contributed by atoms with van der Waals surface area (Å²) in [7, 11) is 2.58. The van der Waals surface area contributed by atoms with E-state index in [-0.39, 0.29) is 5.41 Å². The molecule has 0 aliphatic heterocycles. The number of rotatable bonds is 3. The van der Waals surface area contributed by atoms with Crippen molar-refractivity contribution in [3.63, 3.8) is 0 Å². The SMILES string of the molecule is CC(C)(C)/C(N)=N/N(N)CCP. The van der Waals surface area contributed by atoms with Gasteiger partial charge in [-0.25, -0.2) is 11.0 Å². The minimum Gasteiger partial charge on any atom is -0.385 e. The summed E-state index contributed by atoms with van der Waals surface area (Å²) in [5.41, 5.74) is 5.59. The standard InChI is InChI=1S/C7H19N4P/c1-7(2,3)6(8)10-11(9)4-5-12/h4-5,9,12H2,1-3H3,(H2,8,10). The van der Waals surface area contributed by atoms with E-state index in [1.165, 1.54) is 5.12 Å². The quantitative estimate of drug-likeness (QED) is 0.222. The summed E-state index contributed by atoms with van der Waals surface area (Å²) in [6.45, 7) is 6.70. The molecule has 0 aromatic carbocycles. The van der Waals surface area contributed by atoms with Crippen molar-refractivity contribution in [2.75, 3.05) is 12.7 Å². The summed E-state index contributed by atoms with van der Waals surface area (Å²) >= 11 is 0. The topological polar surface area (TPSA) is 67.6 Å². The van der Waals surface area contributed by atoms with Crippen molar-refractivity contribution in [2.45, 2.75) is 20.8 Å². The summed E-state index contributed by atoms with van der Waals surface area (Å²) < 4.78 is 0. The van der Waals surface area contributed by atoms with Gasteiger partial charge in [0.2, 0.25) is 0 Å². The Kier molecular flexibility index (Phi) is 4.50. The normalized spacial score (nSPS) is 13.2. The molecule has 0 saturated carbocycles. The average Bonchev–Trinajstić information content (AvgIpc) is 1.85. The van der Waals surface area contributed by atoms with Crippen LogP contribution < -0.4 is 11.6 Å². The van der Waals surface area contributed by atoms with Gasteiger partial charge in [0.25, 0.3) is 0 Å². The van der Waals surface area contributed by atoms with E-state index in [0.29, 0.717) is 12.4 Å². The largest absolute Gasteiger partial charge is 0.385 e. The second-order valence-electron chi connectivity index (χ2n) is 3.69. The van der Waals surface area contributed by atoms with Crippen molar-refractivity contribution in [2.24, 2.45) is 22.1 Å². The molecule has 72 valence electrons. The molecule has 0 heterocycles. The number of hydrazine groups is 1. The van der Waals surface area contributed by atoms with Gasteiger partial charge in [0.1, 0.15) is 5.84 Å². The summed E-state index contributed by atoms with van der Waals surface area (Å²) in [5, 5.41) is 5.40. The lowest BCUT2D eigenvalue weighted by Gasteiger charge is -2.20. The Labute approximate surface area is 76.5 Å². The molecule has 1 unspecified atom stereocenters. The molecule has 4 N–H and O–H groups in total. The van der Waals surface area contributed by atoms with Crippen LogP contribution in [0.5, 0.6) is 0 Å². The van der Waals surface area contributed by atoms with Gasteiger partial charge in [0.15, 0.2) is 0 Å². The number of nitrogens with two attached hydrogens (primary N) is 2. The predicted octanol–water partition coefficient (Wildman–Crippen LogP) is 0.355. The maximum Gasteiger partial charge on any atom is 0.126 e. The molecule has 1 atom stereocenters. The molecular weight excluding hydrogens is 171 g/mol. The fourth-order valence-electron chi connectivity index (χ4n) is 0.471. The third kappa shape index (κ3) is 4.52. The first kappa shape index (κ1) is 11.7. The first-order chi connectivity index (χ1) is 5.38. The molecule has 4 nitrogen and oxygen atoms in total. The second kappa shape index (κ2) is 4.63. The van der Waals surface area contributed by atoms with Crippen LogP contribution >= 0.6 is 9.24 Å². The van der Waals surface area contributed by atoms with E-state index in [4.69, 9.17) is 11.6 Å². The first-order valence-electron chi connectivity index (χ1n) is 3.94. The Morgan fingerprint density at radius 1 is 1.50 bits per heavy atom. The molecular formula is C7H19N4P. The lowest BCUT2D eigenvalue weighted by Crippen LogP contribution is -2.36. The first-order valence-corrected chi connectivity index (χ1v) is 4.76. The van der Waals surface area contributed by atoms with Crippen LogP contribution in [-0.2, 0) is 0 Å². The molecule has 0 aromatic heterocycles. The van der Waals surface area contributed by atoms with Crippen LogP contribution in [0.15, 0.2) is 5.10 Å². The van der Waals surface area contributed by atoms with Crippen LogP contribution in [0.1, 0.15) is 20.8 Å². The van der Waals surface area contributed by atoms with Gasteiger partial charge in [-0.15, -0.1) is 14.3 Å². The van der Waals surface area contributed by atoms with Crippen LogP contribution in [0.4, 0.5) is 0 Å². The van der Waals surface area contributed by atoms with Gasteiger partial charge in [-0.05, 0) is 6.16 Å². The van der Waals surface area contributed by atoms with Crippen molar-refractivity contribution in [1.82, 2.24) is 5.12 Å². The highest BCUT2D eigenvalue weighted by atomic mass is 31.0. The van der Waals surface area contributed by atoms with Gasteiger partial charge in [-0.3, -0.25) is 0 Å². The number of nitrogens with zero attached hydrogens (tertiary/aromatic N) is 2. The van der Waals surface area contributed by atoms with Gasteiger partial charge in [-0.2, -0.15) is 0 Å². The fourth-order valence-corrected chi connectivity index (χ4v) is 0.735. The summed E-state index contributed by atoms with van der Waals surface area (Å²) in [4.78, 5) is 0. The molecule has 0 aliphatic rings. The van der Waals surface area contributed by atoms with E-state index >= 15 is 0 Å². The lowest BCUT2D eigenvalue weighted by molar-refractivity contribution is 0.313. The predicted molar refractivity (Wildman–Crippen MR) is 56.5 cm³/mol. The molecule has 0 radical (unpaired) electrons. The van der Waals surface area contributed by atoms with Crippen LogP contribution in [0, 0.1) is 5.41 Å². The second-order valence-corrected chi connectivity index (χ2v) is 4.26. The number of hydrogen-bond donors (Lipinski definition) is 2. The van der Waals surface area contributed by atoms with Crippen molar-refractivity contribution >= 4 is 15.1 Å². The minimum atomic E-state index is -0.113. The molecule has 0 saturated heterocycles. The van der Waals surface area contributed by atoms with E-state index in [2.05, 4.69) is 14.3 Å². The third-order valence-electron chi connectivity index (χ3n) is 1.36. The van der Waals surface area contributed by atoms with Crippen molar-refractivity contribution in [1.29, 1.82) is 0 Å². The van der Waals surface area contributed by atoms with Crippen LogP contribution in [0.3, 0.4) is 0 Å². The van der Waals surface area contributed by atoms with Gasteiger partial charge >= 0.3 is 0 Å². The molecule has 0 aromatic rings. The van der Waals surface area contributed by atoms with E-state index in [1.807, 2.05) is 20.8 Å².